The smallest absolute Gasteiger partial charge is 0.227 e. The number of ether oxygens (including phenoxy) is 1. The highest BCUT2D eigenvalue weighted by molar-refractivity contribution is 5.79. The summed E-state index contributed by atoms with van der Waals surface area (Å²) in [5, 5.41) is 6.10. The second kappa shape index (κ2) is 4.28. The molecule has 2 atom stereocenters. The van der Waals surface area contributed by atoms with Gasteiger partial charge in [0.15, 0.2) is 0 Å². The largest absolute Gasteiger partial charge is 0.379 e. The standard InChI is InChI=1S/C10H18N2O2/c1-11-9-6-14-5-8(9)10(13)12-4-7-2-3-7/h7-9,11H,2-6H2,1H3,(H,12,13). The number of rotatable bonds is 4. The van der Waals surface area contributed by atoms with Gasteiger partial charge in [-0.05, 0) is 25.8 Å². The molecule has 4 nitrogen and oxygen atoms in total. The lowest BCUT2D eigenvalue weighted by Crippen LogP contribution is -2.43. The molecule has 1 heterocycles. The summed E-state index contributed by atoms with van der Waals surface area (Å²) in [5.41, 5.74) is 0. The van der Waals surface area contributed by atoms with E-state index in [9.17, 15) is 4.79 Å². The SMILES string of the molecule is CNC1COCC1C(=O)NCC1CC1. The average Bonchev–Trinajstić information content (AvgIpc) is 2.90. The van der Waals surface area contributed by atoms with E-state index in [0.717, 1.165) is 12.5 Å². The first-order valence-corrected chi connectivity index (χ1v) is 5.34. The lowest BCUT2D eigenvalue weighted by molar-refractivity contribution is -0.125. The van der Waals surface area contributed by atoms with Gasteiger partial charge in [-0.25, -0.2) is 0 Å². The Labute approximate surface area is 84.4 Å². The second-order valence-electron chi connectivity index (χ2n) is 4.23. The molecule has 1 saturated heterocycles. The lowest BCUT2D eigenvalue weighted by atomic mass is 10.0. The number of likely N-dealkylation sites (N-methyl/N-ethyl adjacent to an activating group) is 1. The molecular weight excluding hydrogens is 180 g/mol. The van der Waals surface area contributed by atoms with Crippen molar-refractivity contribution in [2.75, 3.05) is 26.8 Å². The van der Waals surface area contributed by atoms with Crippen molar-refractivity contribution >= 4 is 5.91 Å². The average molecular weight is 198 g/mol. The minimum Gasteiger partial charge on any atom is -0.379 e. The van der Waals surface area contributed by atoms with E-state index >= 15 is 0 Å². The molecule has 0 aromatic rings. The summed E-state index contributed by atoms with van der Waals surface area (Å²) < 4.78 is 5.28. The van der Waals surface area contributed by atoms with E-state index in [2.05, 4.69) is 10.6 Å². The van der Waals surface area contributed by atoms with Gasteiger partial charge in [-0.15, -0.1) is 0 Å². The molecule has 14 heavy (non-hydrogen) atoms. The monoisotopic (exact) mass is 198 g/mol. The fourth-order valence-electron chi connectivity index (χ4n) is 1.80. The van der Waals surface area contributed by atoms with Crippen molar-refractivity contribution in [1.29, 1.82) is 0 Å². The van der Waals surface area contributed by atoms with Crippen LogP contribution in [-0.4, -0.2) is 38.8 Å². The van der Waals surface area contributed by atoms with Crippen LogP contribution in [0.25, 0.3) is 0 Å². The van der Waals surface area contributed by atoms with Crippen LogP contribution >= 0.6 is 0 Å². The molecule has 80 valence electrons. The van der Waals surface area contributed by atoms with E-state index in [1.54, 1.807) is 0 Å². The molecule has 0 spiro atoms. The molecule has 2 unspecified atom stereocenters. The zero-order valence-electron chi connectivity index (χ0n) is 8.58. The molecule has 1 saturated carbocycles. The first-order chi connectivity index (χ1) is 6.81. The Bertz CT molecular complexity index is 216. The van der Waals surface area contributed by atoms with Gasteiger partial charge >= 0.3 is 0 Å². The number of amides is 1. The normalized spacial score (nSPS) is 31.8. The molecule has 0 radical (unpaired) electrons. The summed E-state index contributed by atoms with van der Waals surface area (Å²) in [6.45, 7) is 2.06. The molecule has 4 heteroatoms. The lowest BCUT2D eigenvalue weighted by Gasteiger charge is -2.16. The fourth-order valence-corrected chi connectivity index (χ4v) is 1.80. The molecule has 0 aromatic carbocycles. The summed E-state index contributed by atoms with van der Waals surface area (Å²) >= 11 is 0. The first kappa shape index (κ1) is 9.93. The number of hydrogen-bond donors (Lipinski definition) is 2. The Hall–Kier alpha value is -0.610. The number of carbonyl (C=O) groups excluding carboxylic acids is 1. The number of hydrogen-bond acceptors (Lipinski definition) is 3. The second-order valence-corrected chi connectivity index (χ2v) is 4.23. The van der Waals surface area contributed by atoms with Crippen LogP contribution in [-0.2, 0) is 9.53 Å². The predicted molar refractivity (Wildman–Crippen MR) is 52.9 cm³/mol. The summed E-state index contributed by atoms with van der Waals surface area (Å²) in [6, 6.07) is 0.189. The van der Waals surface area contributed by atoms with Crippen molar-refractivity contribution in [2.45, 2.75) is 18.9 Å². The highest BCUT2D eigenvalue weighted by Gasteiger charge is 2.33. The molecular formula is C10H18N2O2. The van der Waals surface area contributed by atoms with Gasteiger partial charge in [0, 0.05) is 12.6 Å². The topological polar surface area (TPSA) is 50.4 Å². The molecule has 1 aliphatic heterocycles. The molecule has 2 rings (SSSR count). The van der Waals surface area contributed by atoms with E-state index in [1.807, 2.05) is 7.05 Å². The number of carbonyl (C=O) groups is 1. The summed E-state index contributed by atoms with van der Waals surface area (Å²) in [7, 11) is 1.88. The van der Waals surface area contributed by atoms with Crippen LogP contribution in [0.3, 0.4) is 0 Å². The Kier molecular flexibility index (Phi) is 3.03. The Balaban J connectivity index is 1.76. The van der Waals surface area contributed by atoms with Crippen LogP contribution < -0.4 is 10.6 Å². The van der Waals surface area contributed by atoms with Gasteiger partial charge in [0.25, 0.3) is 0 Å². The van der Waals surface area contributed by atoms with Crippen LogP contribution in [0, 0.1) is 11.8 Å². The minimum absolute atomic E-state index is 0.00116. The third-order valence-electron chi connectivity index (χ3n) is 3.05. The Morgan fingerprint density at radius 1 is 1.43 bits per heavy atom. The maximum Gasteiger partial charge on any atom is 0.227 e. The molecule has 2 aliphatic rings. The number of nitrogens with one attached hydrogen (secondary N) is 2. The van der Waals surface area contributed by atoms with Gasteiger partial charge in [-0.3, -0.25) is 4.79 Å². The van der Waals surface area contributed by atoms with Crippen molar-refractivity contribution < 1.29 is 9.53 Å². The highest BCUT2D eigenvalue weighted by Crippen LogP contribution is 2.27. The fraction of sp³-hybridized carbons (Fsp3) is 0.900. The Morgan fingerprint density at radius 2 is 2.21 bits per heavy atom. The van der Waals surface area contributed by atoms with Gasteiger partial charge in [0.2, 0.25) is 5.91 Å². The Morgan fingerprint density at radius 3 is 2.86 bits per heavy atom. The van der Waals surface area contributed by atoms with Crippen LogP contribution in [0.15, 0.2) is 0 Å². The van der Waals surface area contributed by atoms with E-state index in [0.29, 0.717) is 13.2 Å². The molecule has 2 N–H and O–H groups in total. The quantitative estimate of drug-likeness (QED) is 0.655. The van der Waals surface area contributed by atoms with Crippen molar-refractivity contribution in [3.05, 3.63) is 0 Å². The summed E-state index contributed by atoms with van der Waals surface area (Å²) in [4.78, 5) is 11.7. The van der Waals surface area contributed by atoms with E-state index in [4.69, 9.17) is 4.74 Å². The van der Waals surface area contributed by atoms with Crippen molar-refractivity contribution in [3.8, 4) is 0 Å². The third kappa shape index (κ3) is 2.25. The molecule has 2 fully saturated rings. The molecule has 0 aromatic heterocycles. The predicted octanol–water partition coefficient (Wildman–Crippen LogP) is -0.253. The van der Waals surface area contributed by atoms with Crippen LogP contribution in [0.5, 0.6) is 0 Å². The van der Waals surface area contributed by atoms with Crippen molar-refractivity contribution in [3.63, 3.8) is 0 Å². The highest BCUT2D eigenvalue weighted by atomic mass is 16.5. The maximum atomic E-state index is 11.7. The van der Waals surface area contributed by atoms with Gasteiger partial charge in [-0.2, -0.15) is 0 Å². The van der Waals surface area contributed by atoms with Gasteiger partial charge < -0.3 is 15.4 Å². The van der Waals surface area contributed by atoms with E-state index in [-0.39, 0.29) is 17.9 Å². The van der Waals surface area contributed by atoms with Crippen molar-refractivity contribution in [2.24, 2.45) is 11.8 Å². The zero-order valence-corrected chi connectivity index (χ0v) is 8.58. The molecule has 1 amide bonds. The maximum absolute atomic E-state index is 11.7. The first-order valence-electron chi connectivity index (χ1n) is 5.34. The van der Waals surface area contributed by atoms with E-state index in [1.165, 1.54) is 12.8 Å². The zero-order chi connectivity index (χ0) is 9.97. The van der Waals surface area contributed by atoms with E-state index < -0.39 is 0 Å². The molecule has 1 aliphatic carbocycles. The minimum atomic E-state index is -0.00116. The van der Waals surface area contributed by atoms with Gasteiger partial charge in [0.1, 0.15) is 0 Å². The van der Waals surface area contributed by atoms with Crippen molar-refractivity contribution in [1.82, 2.24) is 10.6 Å². The summed E-state index contributed by atoms with van der Waals surface area (Å²) in [5.74, 6) is 0.891. The summed E-state index contributed by atoms with van der Waals surface area (Å²) in [6.07, 6.45) is 2.55. The van der Waals surface area contributed by atoms with Crippen LogP contribution in [0.2, 0.25) is 0 Å². The van der Waals surface area contributed by atoms with Gasteiger partial charge in [-0.1, -0.05) is 0 Å². The van der Waals surface area contributed by atoms with Gasteiger partial charge in [0.05, 0.1) is 19.1 Å². The van der Waals surface area contributed by atoms with Crippen LogP contribution in [0.4, 0.5) is 0 Å². The van der Waals surface area contributed by atoms with Crippen LogP contribution in [0.1, 0.15) is 12.8 Å². The molecule has 0 bridgehead atoms. The third-order valence-corrected chi connectivity index (χ3v) is 3.05.